The Balaban J connectivity index is 2.15. The van der Waals surface area contributed by atoms with Crippen molar-refractivity contribution in [3.8, 4) is 0 Å². The molecule has 1 fully saturated rings. The zero-order chi connectivity index (χ0) is 14.6. The van der Waals surface area contributed by atoms with Gasteiger partial charge in [-0.3, -0.25) is 0 Å². The third-order valence-corrected chi connectivity index (χ3v) is 5.64. The smallest absolute Gasteiger partial charge is 0.243 e. The summed E-state index contributed by atoms with van der Waals surface area (Å²) in [6, 6.07) is 7.15. The molecule has 2 rings (SSSR count). The van der Waals surface area contributed by atoms with Crippen LogP contribution in [0.1, 0.15) is 31.7 Å². The second kappa shape index (κ2) is 6.70. The molecule has 112 valence electrons. The molecule has 1 aliphatic heterocycles. The molecule has 0 amide bonds. The lowest BCUT2D eigenvalue weighted by Gasteiger charge is -2.32. The second-order valence-corrected chi connectivity index (χ2v) is 7.17. The number of ether oxygens (including phenoxy) is 1. The van der Waals surface area contributed by atoms with Crippen LogP contribution in [0, 0.1) is 6.92 Å². The van der Waals surface area contributed by atoms with Gasteiger partial charge in [0.05, 0.1) is 11.0 Å². The van der Waals surface area contributed by atoms with E-state index < -0.39 is 10.0 Å². The molecule has 0 radical (unpaired) electrons. The van der Waals surface area contributed by atoms with E-state index in [-0.39, 0.29) is 6.10 Å². The fourth-order valence-corrected chi connectivity index (χ4v) is 4.26. The fraction of sp³-hybridized carbons (Fsp3) is 0.600. The Morgan fingerprint density at radius 2 is 2.10 bits per heavy atom. The van der Waals surface area contributed by atoms with Crippen LogP contribution in [0.5, 0.6) is 0 Å². The van der Waals surface area contributed by atoms with E-state index in [4.69, 9.17) is 4.74 Å². The Labute approximate surface area is 121 Å². The number of aryl methyl sites for hydroxylation is 1. The Morgan fingerprint density at radius 1 is 1.35 bits per heavy atom. The highest BCUT2D eigenvalue weighted by molar-refractivity contribution is 7.89. The van der Waals surface area contributed by atoms with Gasteiger partial charge in [-0.25, -0.2) is 8.42 Å². The SMILES string of the molecule is CCCOC1CCCN(S(=O)(=O)c2ccccc2C)C1. The van der Waals surface area contributed by atoms with Gasteiger partial charge in [0.25, 0.3) is 0 Å². The molecule has 0 saturated carbocycles. The number of piperidine rings is 1. The van der Waals surface area contributed by atoms with Crippen molar-refractivity contribution in [1.82, 2.24) is 4.31 Å². The van der Waals surface area contributed by atoms with Gasteiger partial charge in [-0.1, -0.05) is 25.1 Å². The first-order valence-electron chi connectivity index (χ1n) is 7.23. The quantitative estimate of drug-likeness (QED) is 0.839. The van der Waals surface area contributed by atoms with Crippen molar-refractivity contribution >= 4 is 10.0 Å². The molecule has 5 heteroatoms. The molecule has 0 spiro atoms. The van der Waals surface area contributed by atoms with Crippen molar-refractivity contribution in [2.24, 2.45) is 0 Å². The van der Waals surface area contributed by atoms with Gasteiger partial charge in [-0.05, 0) is 37.8 Å². The fourth-order valence-electron chi connectivity index (χ4n) is 2.53. The van der Waals surface area contributed by atoms with Crippen LogP contribution < -0.4 is 0 Å². The molecule has 4 nitrogen and oxygen atoms in total. The molecule has 1 aromatic carbocycles. The Hall–Kier alpha value is -0.910. The number of rotatable bonds is 5. The summed E-state index contributed by atoms with van der Waals surface area (Å²) in [4.78, 5) is 0.413. The van der Waals surface area contributed by atoms with Gasteiger partial charge >= 0.3 is 0 Å². The van der Waals surface area contributed by atoms with Crippen molar-refractivity contribution in [1.29, 1.82) is 0 Å². The summed E-state index contributed by atoms with van der Waals surface area (Å²) < 4.78 is 32.7. The van der Waals surface area contributed by atoms with Gasteiger partial charge in [-0.15, -0.1) is 0 Å². The van der Waals surface area contributed by atoms with Crippen LogP contribution in [0.4, 0.5) is 0 Å². The Morgan fingerprint density at radius 3 is 2.80 bits per heavy atom. The highest BCUT2D eigenvalue weighted by Gasteiger charge is 2.31. The van der Waals surface area contributed by atoms with E-state index in [0.717, 1.165) is 24.8 Å². The van der Waals surface area contributed by atoms with Crippen LogP contribution in [0.2, 0.25) is 0 Å². The molecule has 1 aliphatic rings. The summed E-state index contributed by atoms with van der Waals surface area (Å²) in [5.74, 6) is 0. The molecule has 0 aliphatic carbocycles. The first kappa shape index (κ1) is 15.5. The molecule has 1 saturated heterocycles. The van der Waals surface area contributed by atoms with Gasteiger partial charge in [0, 0.05) is 19.7 Å². The highest BCUT2D eigenvalue weighted by Crippen LogP contribution is 2.24. The highest BCUT2D eigenvalue weighted by atomic mass is 32.2. The number of sulfonamides is 1. The molecule has 0 N–H and O–H groups in total. The lowest BCUT2D eigenvalue weighted by molar-refractivity contribution is 0.0193. The third-order valence-electron chi connectivity index (χ3n) is 3.61. The molecule has 0 bridgehead atoms. The van der Waals surface area contributed by atoms with Gasteiger partial charge in [0.2, 0.25) is 10.0 Å². The predicted molar refractivity (Wildman–Crippen MR) is 79.2 cm³/mol. The van der Waals surface area contributed by atoms with Gasteiger partial charge in [-0.2, -0.15) is 4.31 Å². The first-order valence-corrected chi connectivity index (χ1v) is 8.67. The second-order valence-electron chi connectivity index (χ2n) is 5.26. The summed E-state index contributed by atoms with van der Waals surface area (Å²) in [6.45, 7) is 5.65. The standard InChI is InChI=1S/C15H23NO3S/c1-3-11-19-14-8-6-10-16(12-14)20(17,18)15-9-5-4-7-13(15)2/h4-5,7,9,14H,3,6,8,10-12H2,1-2H3. The maximum atomic E-state index is 12.7. The van der Waals surface area contributed by atoms with E-state index in [2.05, 4.69) is 6.92 Å². The van der Waals surface area contributed by atoms with E-state index in [1.807, 2.05) is 19.1 Å². The molecule has 1 heterocycles. The number of hydrogen-bond acceptors (Lipinski definition) is 3. The monoisotopic (exact) mass is 297 g/mol. The van der Waals surface area contributed by atoms with Crippen LogP contribution in [0.15, 0.2) is 29.2 Å². The Bertz CT molecular complexity index is 542. The van der Waals surface area contributed by atoms with Gasteiger partial charge in [0.15, 0.2) is 0 Å². The van der Waals surface area contributed by atoms with Crippen LogP contribution in [-0.4, -0.2) is 38.5 Å². The maximum absolute atomic E-state index is 12.7. The van der Waals surface area contributed by atoms with Crippen molar-refractivity contribution in [2.45, 2.75) is 44.1 Å². The summed E-state index contributed by atoms with van der Waals surface area (Å²) >= 11 is 0. The number of nitrogens with zero attached hydrogens (tertiary/aromatic N) is 1. The molecule has 20 heavy (non-hydrogen) atoms. The van der Waals surface area contributed by atoms with Crippen LogP contribution in [-0.2, 0) is 14.8 Å². The zero-order valence-electron chi connectivity index (χ0n) is 12.2. The van der Waals surface area contributed by atoms with Crippen molar-refractivity contribution in [3.63, 3.8) is 0 Å². The summed E-state index contributed by atoms with van der Waals surface area (Å²) in [6.07, 6.45) is 2.79. The minimum atomic E-state index is -3.40. The van der Waals surface area contributed by atoms with Gasteiger partial charge < -0.3 is 4.74 Å². The van der Waals surface area contributed by atoms with Crippen LogP contribution in [0.25, 0.3) is 0 Å². The largest absolute Gasteiger partial charge is 0.377 e. The summed E-state index contributed by atoms with van der Waals surface area (Å²) in [5, 5.41) is 0. The average molecular weight is 297 g/mol. The molecule has 0 aromatic heterocycles. The Kier molecular flexibility index (Phi) is 5.18. The number of benzene rings is 1. The molecule has 1 unspecified atom stereocenters. The van der Waals surface area contributed by atoms with E-state index in [0.29, 0.717) is 24.6 Å². The maximum Gasteiger partial charge on any atom is 0.243 e. The predicted octanol–water partition coefficient (Wildman–Crippen LogP) is 2.57. The summed E-state index contributed by atoms with van der Waals surface area (Å²) in [7, 11) is -3.40. The first-order chi connectivity index (χ1) is 9.55. The van der Waals surface area contributed by atoms with Gasteiger partial charge in [0.1, 0.15) is 0 Å². The summed E-state index contributed by atoms with van der Waals surface area (Å²) in [5.41, 5.74) is 0.795. The lowest BCUT2D eigenvalue weighted by atomic mass is 10.1. The van der Waals surface area contributed by atoms with Crippen molar-refractivity contribution in [3.05, 3.63) is 29.8 Å². The van der Waals surface area contributed by atoms with E-state index >= 15 is 0 Å². The third kappa shape index (κ3) is 3.40. The lowest BCUT2D eigenvalue weighted by Crippen LogP contribution is -2.43. The molecular formula is C15H23NO3S. The topological polar surface area (TPSA) is 46.6 Å². The minimum absolute atomic E-state index is 0.0301. The van der Waals surface area contributed by atoms with Crippen LogP contribution in [0.3, 0.4) is 0 Å². The number of hydrogen-bond donors (Lipinski definition) is 0. The average Bonchev–Trinajstić information content (AvgIpc) is 2.45. The normalized spacial score (nSPS) is 21.0. The minimum Gasteiger partial charge on any atom is -0.377 e. The van der Waals surface area contributed by atoms with E-state index in [9.17, 15) is 8.42 Å². The molecule has 1 atom stereocenters. The van der Waals surface area contributed by atoms with Crippen LogP contribution >= 0.6 is 0 Å². The van der Waals surface area contributed by atoms with Crippen molar-refractivity contribution < 1.29 is 13.2 Å². The van der Waals surface area contributed by atoms with E-state index in [1.54, 1.807) is 16.4 Å². The molecular weight excluding hydrogens is 274 g/mol. The molecule has 1 aromatic rings. The zero-order valence-corrected chi connectivity index (χ0v) is 13.0. The van der Waals surface area contributed by atoms with Crippen molar-refractivity contribution in [2.75, 3.05) is 19.7 Å². The van der Waals surface area contributed by atoms with E-state index in [1.165, 1.54) is 0 Å².